The molecule has 0 aliphatic carbocycles. The zero-order valence-electron chi connectivity index (χ0n) is 9.84. The quantitative estimate of drug-likeness (QED) is 0.621. The first kappa shape index (κ1) is 14.6. The van der Waals surface area contributed by atoms with Crippen LogP contribution in [0.1, 0.15) is 23.5 Å². The molecule has 0 saturated carbocycles. The van der Waals surface area contributed by atoms with Crippen LogP contribution in [0.3, 0.4) is 0 Å². The van der Waals surface area contributed by atoms with Crippen LogP contribution in [0.4, 0.5) is 0 Å². The smallest absolute Gasteiger partial charge is 0.183 e. The molecule has 0 spiro atoms. The van der Waals surface area contributed by atoms with Gasteiger partial charge in [0.25, 0.3) is 0 Å². The second-order valence-electron chi connectivity index (χ2n) is 3.60. The van der Waals surface area contributed by atoms with E-state index in [-0.39, 0.29) is 0 Å². The number of ether oxygens (including phenoxy) is 2. The molecule has 17 heavy (non-hydrogen) atoms. The number of rotatable bonds is 6. The van der Waals surface area contributed by atoms with Gasteiger partial charge in [0.1, 0.15) is 6.10 Å². The van der Waals surface area contributed by atoms with E-state index in [2.05, 4.69) is 15.9 Å². The van der Waals surface area contributed by atoms with Crippen molar-refractivity contribution in [2.75, 3.05) is 19.5 Å². The highest BCUT2D eigenvalue weighted by Gasteiger charge is 2.23. The van der Waals surface area contributed by atoms with Gasteiger partial charge in [-0.2, -0.15) is 0 Å². The average Bonchev–Trinajstić information content (AvgIpc) is 2.39. The molecule has 0 radical (unpaired) electrons. The summed E-state index contributed by atoms with van der Waals surface area (Å²) in [7, 11) is 3.05. The summed E-state index contributed by atoms with van der Waals surface area (Å²) < 4.78 is 10.3. The minimum atomic E-state index is -0.974. The van der Waals surface area contributed by atoms with E-state index in [9.17, 15) is 10.2 Å². The standard InChI is InChI=1S/C12H17BrO4/c1-16-12(17-2)9-6-4-3-5-8(9)11(15)10(14)7-13/h3-6,10-12,14-15H,7H2,1-2H3. The van der Waals surface area contributed by atoms with Crippen LogP contribution in [0.25, 0.3) is 0 Å². The summed E-state index contributed by atoms with van der Waals surface area (Å²) in [5.41, 5.74) is 1.32. The van der Waals surface area contributed by atoms with Crippen molar-refractivity contribution in [3.8, 4) is 0 Å². The number of hydrogen-bond acceptors (Lipinski definition) is 4. The molecular formula is C12H17BrO4. The summed E-state index contributed by atoms with van der Waals surface area (Å²) in [5, 5.41) is 20.0. The lowest BCUT2D eigenvalue weighted by Gasteiger charge is -2.22. The Balaban J connectivity index is 3.06. The average molecular weight is 305 g/mol. The zero-order chi connectivity index (χ0) is 12.8. The van der Waals surface area contributed by atoms with Crippen molar-refractivity contribution >= 4 is 15.9 Å². The van der Waals surface area contributed by atoms with Crippen molar-refractivity contribution in [1.29, 1.82) is 0 Å². The number of hydrogen-bond donors (Lipinski definition) is 2. The fourth-order valence-corrected chi connectivity index (χ4v) is 1.99. The molecule has 4 nitrogen and oxygen atoms in total. The molecule has 0 aliphatic rings. The maximum atomic E-state index is 10.0. The van der Waals surface area contributed by atoms with E-state index in [0.717, 1.165) is 0 Å². The molecule has 5 heteroatoms. The van der Waals surface area contributed by atoms with Crippen LogP contribution in [0.15, 0.2) is 24.3 Å². The lowest BCUT2D eigenvalue weighted by molar-refractivity contribution is -0.107. The van der Waals surface area contributed by atoms with Gasteiger partial charge < -0.3 is 19.7 Å². The van der Waals surface area contributed by atoms with Gasteiger partial charge in [-0.15, -0.1) is 0 Å². The van der Waals surface area contributed by atoms with Crippen molar-refractivity contribution in [2.45, 2.75) is 18.5 Å². The largest absolute Gasteiger partial charge is 0.389 e. The first-order valence-electron chi connectivity index (χ1n) is 5.22. The Labute approximate surface area is 109 Å². The van der Waals surface area contributed by atoms with E-state index >= 15 is 0 Å². The predicted octanol–water partition coefficient (Wildman–Crippen LogP) is 1.77. The predicted molar refractivity (Wildman–Crippen MR) is 68.0 cm³/mol. The third-order valence-electron chi connectivity index (χ3n) is 2.52. The highest BCUT2D eigenvalue weighted by molar-refractivity contribution is 9.09. The summed E-state index contributed by atoms with van der Waals surface area (Å²) in [6.45, 7) is 0. The minimum absolute atomic E-state index is 0.299. The first-order valence-corrected chi connectivity index (χ1v) is 6.34. The van der Waals surface area contributed by atoms with Crippen molar-refractivity contribution in [1.82, 2.24) is 0 Å². The maximum Gasteiger partial charge on any atom is 0.183 e. The Morgan fingerprint density at radius 2 is 1.65 bits per heavy atom. The van der Waals surface area contributed by atoms with E-state index < -0.39 is 18.5 Å². The molecule has 0 aliphatic heterocycles. The molecule has 1 aromatic carbocycles. The van der Waals surface area contributed by atoms with E-state index in [4.69, 9.17) is 9.47 Å². The summed E-state index contributed by atoms with van der Waals surface area (Å²) in [5.74, 6) is 0. The van der Waals surface area contributed by atoms with Gasteiger partial charge in [0.2, 0.25) is 0 Å². The summed E-state index contributed by atoms with van der Waals surface area (Å²) in [6, 6.07) is 7.18. The van der Waals surface area contributed by atoms with Crippen molar-refractivity contribution in [3.63, 3.8) is 0 Å². The van der Waals surface area contributed by atoms with Crippen LogP contribution in [-0.4, -0.2) is 35.9 Å². The minimum Gasteiger partial charge on any atom is -0.389 e. The molecule has 1 rings (SSSR count). The third-order valence-corrected chi connectivity index (χ3v) is 3.18. The van der Waals surface area contributed by atoms with Crippen molar-refractivity contribution in [2.24, 2.45) is 0 Å². The van der Waals surface area contributed by atoms with E-state index in [1.54, 1.807) is 18.2 Å². The Morgan fingerprint density at radius 3 is 2.12 bits per heavy atom. The van der Waals surface area contributed by atoms with Crippen LogP contribution < -0.4 is 0 Å². The summed E-state index contributed by atoms with van der Waals surface area (Å²) in [6.07, 6.45) is -2.40. The normalized spacial score (nSPS) is 14.9. The van der Waals surface area contributed by atoms with Gasteiger partial charge in [-0.25, -0.2) is 0 Å². The molecular weight excluding hydrogens is 288 g/mol. The van der Waals surface area contributed by atoms with E-state index in [1.165, 1.54) is 14.2 Å². The van der Waals surface area contributed by atoms with E-state index in [0.29, 0.717) is 16.5 Å². The second kappa shape index (κ2) is 7.08. The van der Waals surface area contributed by atoms with Gasteiger partial charge in [-0.3, -0.25) is 0 Å². The van der Waals surface area contributed by atoms with Crippen molar-refractivity contribution in [3.05, 3.63) is 35.4 Å². The molecule has 0 heterocycles. The van der Waals surface area contributed by atoms with Gasteiger partial charge in [-0.1, -0.05) is 40.2 Å². The number of methoxy groups -OCH3 is 2. The van der Waals surface area contributed by atoms with Crippen LogP contribution >= 0.6 is 15.9 Å². The van der Waals surface area contributed by atoms with Crippen LogP contribution in [0.2, 0.25) is 0 Å². The maximum absolute atomic E-state index is 10.0. The topological polar surface area (TPSA) is 58.9 Å². The molecule has 1 aromatic rings. The van der Waals surface area contributed by atoms with Gasteiger partial charge in [0, 0.05) is 25.1 Å². The fourth-order valence-electron chi connectivity index (χ4n) is 1.64. The molecule has 0 aromatic heterocycles. The Bertz CT molecular complexity index is 341. The Kier molecular flexibility index (Phi) is 6.08. The summed E-state index contributed by atoms with van der Waals surface area (Å²) >= 11 is 3.14. The molecule has 96 valence electrons. The lowest BCUT2D eigenvalue weighted by Crippen LogP contribution is -2.22. The molecule has 2 atom stereocenters. The molecule has 0 fully saturated rings. The van der Waals surface area contributed by atoms with Crippen LogP contribution in [-0.2, 0) is 9.47 Å². The molecule has 0 bridgehead atoms. The van der Waals surface area contributed by atoms with Crippen LogP contribution in [0, 0.1) is 0 Å². The van der Waals surface area contributed by atoms with Crippen molar-refractivity contribution < 1.29 is 19.7 Å². The van der Waals surface area contributed by atoms with Gasteiger partial charge in [-0.05, 0) is 5.56 Å². The number of alkyl halides is 1. The van der Waals surface area contributed by atoms with Gasteiger partial charge >= 0.3 is 0 Å². The molecule has 0 amide bonds. The number of aliphatic hydroxyl groups excluding tert-OH is 2. The van der Waals surface area contributed by atoms with E-state index in [1.807, 2.05) is 6.07 Å². The third kappa shape index (κ3) is 3.50. The fraction of sp³-hybridized carbons (Fsp3) is 0.500. The summed E-state index contributed by atoms with van der Waals surface area (Å²) in [4.78, 5) is 0. The zero-order valence-corrected chi connectivity index (χ0v) is 11.4. The van der Waals surface area contributed by atoms with Gasteiger partial charge in [0.15, 0.2) is 6.29 Å². The highest BCUT2D eigenvalue weighted by Crippen LogP contribution is 2.28. The molecule has 0 saturated heterocycles. The monoisotopic (exact) mass is 304 g/mol. The Morgan fingerprint density at radius 1 is 1.12 bits per heavy atom. The Hall–Kier alpha value is -0.460. The highest BCUT2D eigenvalue weighted by atomic mass is 79.9. The van der Waals surface area contributed by atoms with Crippen LogP contribution in [0.5, 0.6) is 0 Å². The molecule has 2 N–H and O–H groups in total. The number of halogens is 1. The van der Waals surface area contributed by atoms with Gasteiger partial charge in [0.05, 0.1) is 6.10 Å². The second-order valence-corrected chi connectivity index (χ2v) is 4.25. The molecule has 2 unspecified atom stereocenters. The first-order chi connectivity index (χ1) is 8.15. The number of benzene rings is 1. The number of aliphatic hydroxyl groups is 2. The lowest BCUT2D eigenvalue weighted by atomic mass is 9.99. The SMILES string of the molecule is COC(OC)c1ccccc1C(O)C(O)CBr.